The van der Waals surface area contributed by atoms with E-state index in [1.165, 1.54) is 0 Å². The first-order valence-corrected chi connectivity index (χ1v) is 9.16. The predicted molar refractivity (Wildman–Crippen MR) is 107 cm³/mol. The Morgan fingerprint density at radius 1 is 0.857 bits per heavy atom. The van der Waals surface area contributed by atoms with Gasteiger partial charge in [-0.25, -0.2) is 4.98 Å². The molecule has 1 aromatic carbocycles. The van der Waals surface area contributed by atoms with Gasteiger partial charge >= 0.3 is 0 Å². The Hall–Kier alpha value is -3.25. The number of aromatic nitrogens is 2. The topological polar surface area (TPSA) is 84.0 Å². The molecule has 3 rings (SSSR count). The third-order valence-electron chi connectivity index (χ3n) is 4.01. The van der Waals surface area contributed by atoms with E-state index in [1.807, 2.05) is 30.3 Å². The van der Waals surface area contributed by atoms with Crippen LogP contribution in [0.2, 0.25) is 5.02 Å². The number of rotatable bonds is 7. The van der Waals surface area contributed by atoms with Gasteiger partial charge in [0.05, 0.1) is 0 Å². The summed E-state index contributed by atoms with van der Waals surface area (Å²) in [6.45, 7) is 0.804. The molecule has 28 heavy (non-hydrogen) atoms. The van der Waals surface area contributed by atoms with Crippen LogP contribution in [0.15, 0.2) is 67.0 Å². The molecule has 142 valence electrons. The van der Waals surface area contributed by atoms with Crippen LogP contribution in [0.3, 0.4) is 0 Å². The van der Waals surface area contributed by atoms with Crippen molar-refractivity contribution in [2.75, 3.05) is 6.54 Å². The van der Waals surface area contributed by atoms with Crippen LogP contribution < -0.4 is 10.6 Å². The minimum absolute atomic E-state index is 0.191. The highest BCUT2D eigenvalue weighted by Gasteiger charge is 2.12. The molecule has 2 aromatic heterocycles. The normalized spacial score (nSPS) is 10.3. The van der Waals surface area contributed by atoms with Crippen LogP contribution in [-0.2, 0) is 13.0 Å². The lowest BCUT2D eigenvalue weighted by molar-refractivity contribution is 0.0943. The molecule has 2 N–H and O–H groups in total. The summed E-state index contributed by atoms with van der Waals surface area (Å²) in [4.78, 5) is 32.7. The van der Waals surface area contributed by atoms with Crippen molar-refractivity contribution in [1.82, 2.24) is 20.6 Å². The summed E-state index contributed by atoms with van der Waals surface area (Å²) in [6.07, 6.45) is 3.97. The van der Waals surface area contributed by atoms with Crippen LogP contribution in [0.1, 0.15) is 32.1 Å². The van der Waals surface area contributed by atoms with Crippen molar-refractivity contribution >= 4 is 23.4 Å². The molecule has 2 amide bonds. The standard InChI is InChI=1S/C21H19ClN4O2/c22-17-4-1-3-15(13-17)9-12-24-20(27)18-5-2-6-19(26-18)21(28)25-14-16-7-10-23-11-8-16/h1-8,10-11,13H,9,12,14H2,(H,24,27)(H,25,28). The molecule has 3 aromatic rings. The second kappa shape index (κ2) is 9.62. The molecule has 0 bridgehead atoms. The highest BCUT2D eigenvalue weighted by Crippen LogP contribution is 2.10. The first-order valence-electron chi connectivity index (χ1n) is 8.78. The van der Waals surface area contributed by atoms with Crippen LogP contribution in [0.4, 0.5) is 0 Å². The molecule has 0 unspecified atom stereocenters. The Balaban J connectivity index is 1.54. The SMILES string of the molecule is O=C(NCCc1cccc(Cl)c1)c1cccc(C(=O)NCc2ccncc2)n1. The molecular weight excluding hydrogens is 376 g/mol. The highest BCUT2D eigenvalue weighted by atomic mass is 35.5. The first kappa shape index (κ1) is 19.5. The van der Waals surface area contributed by atoms with E-state index in [4.69, 9.17) is 11.6 Å². The van der Waals surface area contributed by atoms with E-state index in [0.29, 0.717) is 24.5 Å². The fourth-order valence-electron chi connectivity index (χ4n) is 2.56. The lowest BCUT2D eigenvalue weighted by atomic mass is 10.1. The van der Waals surface area contributed by atoms with Crippen LogP contribution in [0, 0.1) is 0 Å². The second-order valence-corrected chi connectivity index (χ2v) is 6.52. The Morgan fingerprint density at radius 3 is 2.25 bits per heavy atom. The predicted octanol–water partition coefficient (Wildman–Crippen LogP) is 3.03. The molecule has 2 heterocycles. The van der Waals surface area contributed by atoms with Gasteiger partial charge in [-0.15, -0.1) is 0 Å². The maximum absolute atomic E-state index is 12.3. The maximum atomic E-state index is 12.3. The molecule has 0 atom stereocenters. The van der Waals surface area contributed by atoms with Crippen molar-refractivity contribution in [2.24, 2.45) is 0 Å². The lowest BCUT2D eigenvalue weighted by Crippen LogP contribution is -2.28. The van der Waals surface area contributed by atoms with Gasteiger partial charge in [-0.3, -0.25) is 14.6 Å². The van der Waals surface area contributed by atoms with Gasteiger partial charge in [-0.1, -0.05) is 29.8 Å². The Labute approximate surface area is 168 Å². The first-order chi connectivity index (χ1) is 13.6. The number of amides is 2. The van der Waals surface area contributed by atoms with Gasteiger partial charge in [0.25, 0.3) is 11.8 Å². The lowest BCUT2D eigenvalue weighted by Gasteiger charge is -2.08. The molecule has 0 radical (unpaired) electrons. The minimum Gasteiger partial charge on any atom is -0.350 e. The van der Waals surface area contributed by atoms with E-state index in [1.54, 1.807) is 36.7 Å². The summed E-state index contributed by atoms with van der Waals surface area (Å²) < 4.78 is 0. The van der Waals surface area contributed by atoms with Crippen molar-refractivity contribution in [3.8, 4) is 0 Å². The number of hydrogen-bond donors (Lipinski definition) is 2. The Morgan fingerprint density at radius 2 is 1.54 bits per heavy atom. The van der Waals surface area contributed by atoms with Crippen molar-refractivity contribution < 1.29 is 9.59 Å². The Kier molecular flexibility index (Phi) is 6.70. The van der Waals surface area contributed by atoms with Gasteiger partial charge in [-0.05, 0) is 53.9 Å². The molecule has 0 saturated carbocycles. The zero-order chi connectivity index (χ0) is 19.8. The van der Waals surface area contributed by atoms with Gasteiger partial charge in [0.15, 0.2) is 0 Å². The van der Waals surface area contributed by atoms with Crippen LogP contribution in [0.5, 0.6) is 0 Å². The zero-order valence-corrected chi connectivity index (χ0v) is 15.8. The van der Waals surface area contributed by atoms with Crippen LogP contribution in [-0.4, -0.2) is 28.3 Å². The summed E-state index contributed by atoms with van der Waals surface area (Å²) >= 11 is 5.96. The van der Waals surface area contributed by atoms with E-state index in [2.05, 4.69) is 20.6 Å². The second-order valence-electron chi connectivity index (χ2n) is 6.08. The van der Waals surface area contributed by atoms with E-state index in [-0.39, 0.29) is 23.2 Å². The van der Waals surface area contributed by atoms with Crippen molar-refractivity contribution in [3.63, 3.8) is 0 Å². The third-order valence-corrected chi connectivity index (χ3v) is 4.24. The van der Waals surface area contributed by atoms with Crippen molar-refractivity contribution in [1.29, 1.82) is 0 Å². The summed E-state index contributed by atoms with van der Waals surface area (Å²) in [7, 11) is 0. The molecule has 0 saturated heterocycles. The van der Waals surface area contributed by atoms with E-state index in [9.17, 15) is 9.59 Å². The van der Waals surface area contributed by atoms with Crippen molar-refractivity contribution in [2.45, 2.75) is 13.0 Å². The average Bonchev–Trinajstić information content (AvgIpc) is 2.73. The summed E-state index contributed by atoms with van der Waals surface area (Å²) in [5, 5.41) is 6.25. The number of nitrogens with one attached hydrogen (secondary N) is 2. The monoisotopic (exact) mass is 394 g/mol. The Bertz CT molecular complexity index is 963. The molecule has 0 fully saturated rings. The van der Waals surface area contributed by atoms with E-state index in [0.717, 1.165) is 11.1 Å². The fourth-order valence-corrected chi connectivity index (χ4v) is 2.78. The van der Waals surface area contributed by atoms with Crippen molar-refractivity contribution in [3.05, 3.63) is 94.5 Å². The molecule has 0 aliphatic carbocycles. The number of pyridine rings is 2. The number of hydrogen-bond acceptors (Lipinski definition) is 4. The summed E-state index contributed by atoms with van der Waals surface area (Å²) in [5.74, 6) is -0.670. The van der Waals surface area contributed by atoms with Gasteiger partial charge in [0, 0.05) is 30.5 Å². The largest absolute Gasteiger partial charge is 0.350 e. The van der Waals surface area contributed by atoms with Gasteiger partial charge in [0.1, 0.15) is 11.4 Å². The number of carbonyl (C=O) groups is 2. The van der Waals surface area contributed by atoms with Crippen LogP contribution in [0.25, 0.3) is 0 Å². The van der Waals surface area contributed by atoms with E-state index < -0.39 is 0 Å². The number of benzene rings is 1. The highest BCUT2D eigenvalue weighted by molar-refractivity contribution is 6.30. The fraction of sp³-hybridized carbons (Fsp3) is 0.143. The smallest absolute Gasteiger partial charge is 0.270 e. The molecule has 0 aliphatic rings. The van der Waals surface area contributed by atoms with Crippen LogP contribution >= 0.6 is 11.6 Å². The zero-order valence-electron chi connectivity index (χ0n) is 15.1. The number of nitrogens with zero attached hydrogens (tertiary/aromatic N) is 2. The van der Waals surface area contributed by atoms with Gasteiger partial charge in [0.2, 0.25) is 0 Å². The molecular formula is C21H19ClN4O2. The average molecular weight is 395 g/mol. The maximum Gasteiger partial charge on any atom is 0.270 e. The summed E-state index contributed by atoms with van der Waals surface area (Å²) in [5.41, 5.74) is 2.35. The van der Waals surface area contributed by atoms with Gasteiger partial charge in [-0.2, -0.15) is 0 Å². The quantitative estimate of drug-likeness (QED) is 0.645. The number of halogens is 1. The molecule has 0 spiro atoms. The van der Waals surface area contributed by atoms with Gasteiger partial charge < -0.3 is 10.6 Å². The molecule has 7 heteroatoms. The third kappa shape index (κ3) is 5.62. The number of carbonyl (C=O) groups excluding carboxylic acids is 2. The van der Waals surface area contributed by atoms with E-state index >= 15 is 0 Å². The molecule has 6 nitrogen and oxygen atoms in total. The molecule has 0 aliphatic heterocycles. The minimum atomic E-state index is -0.342. The summed E-state index contributed by atoms with van der Waals surface area (Å²) in [6, 6.07) is 15.9.